The molecular weight excluding hydrogens is 411 g/mol. The van der Waals surface area contributed by atoms with Crippen molar-refractivity contribution in [3.05, 3.63) is 60.8 Å². The standard InChI is InChI=1S/C21H18F3N5O2/c1-2-17(31)29-10-15(16(30)11-29)26-20-14-4-3-9-25-19(14)18(27-28-20)12-5-7-13(8-6-12)21(22,23)24/h2-9,15-16,30H,1,10-11H2,(H,26,28)/t15-,16+/m1/s1. The first-order valence-corrected chi connectivity index (χ1v) is 9.43. The number of benzene rings is 1. The Kier molecular flexibility index (Phi) is 5.32. The quantitative estimate of drug-likeness (QED) is 0.620. The molecule has 3 heterocycles. The van der Waals surface area contributed by atoms with E-state index in [0.29, 0.717) is 28.0 Å². The van der Waals surface area contributed by atoms with Gasteiger partial charge >= 0.3 is 6.18 Å². The van der Waals surface area contributed by atoms with Crippen LogP contribution < -0.4 is 5.32 Å². The summed E-state index contributed by atoms with van der Waals surface area (Å²) in [6.07, 6.45) is -2.50. The fourth-order valence-corrected chi connectivity index (χ4v) is 3.52. The molecule has 1 fully saturated rings. The number of amides is 1. The number of halogens is 3. The van der Waals surface area contributed by atoms with Crippen molar-refractivity contribution in [2.75, 3.05) is 18.4 Å². The second-order valence-electron chi connectivity index (χ2n) is 7.14. The van der Waals surface area contributed by atoms with Crippen LogP contribution in [0.15, 0.2) is 55.3 Å². The number of rotatable bonds is 4. The van der Waals surface area contributed by atoms with Crippen molar-refractivity contribution in [3.8, 4) is 11.3 Å². The van der Waals surface area contributed by atoms with Crippen LogP contribution in [-0.2, 0) is 11.0 Å². The lowest BCUT2D eigenvalue weighted by molar-refractivity contribution is -0.137. The van der Waals surface area contributed by atoms with Crippen molar-refractivity contribution in [1.82, 2.24) is 20.1 Å². The highest BCUT2D eigenvalue weighted by molar-refractivity contribution is 5.97. The van der Waals surface area contributed by atoms with Gasteiger partial charge in [0.25, 0.3) is 0 Å². The van der Waals surface area contributed by atoms with E-state index in [2.05, 4.69) is 27.1 Å². The highest BCUT2D eigenvalue weighted by Crippen LogP contribution is 2.33. The van der Waals surface area contributed by atoms with E-state index in [0.717, 1.165) is 12.1 Å². The van der Waals surface area contributed by atoms with Gasteiger partial charge in [-0.1, -0.05) is 18.7 Å². The number of hydrogen-bond donors (Lipinski definition) is 2. The molecule has 3 aromatic rings. The molecule has 7 nitrogen and oxygen atoms in total. The molecule has 0 unspecified atom stereocenters. The number of likely N-dealkylation sites (tertiary alicyclic amines) is 1. The van der Waals surface area contributed by atoms with Gasteiger partial charge in [-0.25, -0.2) is 0 Å². The molecule has 0 saturated carbocycles. The molecule has 1 aromatic carbocycles. The number of nitrogens with one attached hydrogen (secondary N) is 1. The van der Waals surface area contributed by atoms with Gasteiger partial charge in [0.15, 0.2) is 5.82 Å². The predicted molar refractivity (Wildman–Crippen MR) is 108 cm³/mol. The fraction of sp³-hybridized carbons (Fsp3) is 0.238. The van der Waals surface area contributed by atoms with Crippen molar-refractivity contribution in [1.29, 1.82) is 0 Å². The van der Waals surface area contributed by atoms with Crippen molar-refractivity contribution in [2.24, 2.45) is 0 Å². The molecule has 160 valence electrons. The molecule has 1 amide bonds. The average molecular weight is 429 g/mol. The van der Waals surface area contributed by atoms with Gasteiger partial charge in [-0.15, -0.1) is 10.2 Å². The van der Waals surface area contributed by atoms with E-state index in [1.807, 2.05) is 0 Å². The first-order chi connectivity index (χ1) is 14.8. The Hall–Kier alpha value is -3.53. The van der Waals surface area contributed by atoms with Gasteiger partial charge in [0.1, 0.15) is 11.2 Å². The summed E-state index contributed by atoms with van der Waals surface area (Å²) in [6.45, 7) is 3.87. The van der Waals surface area contributed by atoms with E-state index in [1.54, 1.807) is 18.3 Å². The molecule has 1 aliphatic rings. The second kappa shape index (κ2) is 7.95. The molecular formula is C21H18F3N5O2. The van der Waals surface area contributed by atoms with Crippen molar-refractivity contribution in [2.45, 2.75) is 18.3 Å². The van der Waals surface area contributed by atoms with Crippen LogP contribution in [0.3, 0.4) is 0 Å². The van der Waals surface area contributed by atoms with E-state index in [1.165, 1.54) is 23.1 Å². The molecule has 0 aliphatic carbocycles. The monoisotopic (exact) mass is 429 g/mol. The molecule has 0 spiro atoms. The summed E-state index contributed by atoms with van der Waals surface area (Å²) >= 11 is 0. The number of hydrogen-bond acceptors (Lipinski definition) is 6. The van der Waals surface area contributed by atoms with E-state index in [9.17, 15) is 23.1 Å². The van der Waals surface area contributed by atoms with Crippen molar-refractivity contribution >= 4 is 22.6 Å². The smallest absolute Gasteiger partial charge is 0.389 e. The second-order valence-corrected chi connectivity index (χ2v) is 7.14. The maximum absolute atomic E-state index is 12.9. The minimum absolute atomic E-state index is 0.162. The molecule has 2 atom stereocenters. The molecule has 1 aliphatic heterocycles. The number of alkyl halides is 3. The Morgan fingerprint density at radius 1 is 1.19 bits per heavy atom. The zero-order chi connectivity index (χ0) is 22.2. The Morgan fingerprint density at radius 3 is 2.61 bits per heavy atom. The van der Waals surface area contributed by atoms with Crippen LogP contribution >= 0.6 is 0 Å². The Bertz CT molecular complexity index is 1130. The summed E-state index contributed by atoms with van der Waals surface area (Å²) in [4.78, 5) is 17.6. The van der Waals surface area contributed by atoms with Gasteiger partial charge in [0, 0.05) is 30.2 Å². The summed E-state index contributed by atoms with van der Waals surface area (Å²) in [5.41, 5.74) is 0.476. The van der Waals surface area contributed by atoms with Crippen LogP contribution in [-0.4, -0.2) is 56.3 Å². The molecule has 2 aromatic heterocycles. The Morgan fingerprint density at radius 2 is 1.94 bits per heavy atom. The van der Waals surface area contributed by atoms with Gasteiger partial charge in [0.2, 0.25) is 5.91 Å². The largest absolute Gasteiger partial charge is 0.416 e. The van der Waals surface area contributed by atoms with Gasteiger partial charge in [-0.2, -0.15) is 13.2 Å². The number of aliphatic hydroxyl groups excluding tert-OH is 1. The van der Waals surface area contributed by atoms with Crippen molar-refractivity contribution in [3.63, 3.8) is 0 Å². The van der Waals surface area contributed by atoms with E-state index in [4.69, 9.17) is 0 Å². The summed E-state index contributed by atoms with van der Waals surface area (Å²) < 4.78 is 38.6. The molecule has 2 N–H and O–H groups in total. The molecule has 10 heteroatoms. The summed E-state index contributed by atoms with van der Waals surface area (Å²) in [6, 6.07) is 7.60. The first-order valence-electron chi connectivity index (χ1n) is 9.43. The van der Waals surface area contributed by atoms with E-state index < -0.39 is 23.9 Å². The summed E-state index contributed by atoms with van der Waals surface area (Å²) in [5, 5.41) is 22.4. The molecule has 0 radical (unpaired) electrons. The number of nitrogens with zero attached hydrogens (tertiary/aromatic N) is 4. The number of aromatic nitrogens is 3. The lowest BCUT2D eigenvalue weighted by Crippen LogP contribution is -2.33. The van der Waals surface area contributed by atoms with Crippen LogP contribution in [0.1, 0.15) is 5.56 Å². The SMILES string of the molecule is C=CC(=O)N1C[C@H](O)[C@H](Nc2nnc(-c3ccc(C(F)(F)F)cc3)c3ncccc23)C1. The van der Waals surface area contributed by atoms with E-state index in [-0.39, 0.29) is 19.0 Å². The fourth-order valence-electron chi connectivity index (χ4n) is 3.52. The minimum atomic E-state index is -4.43. The number of β-amino-alcohol motifs (C(OH)–C–C–N with tert-alkyl or cyclic N) is 1. The summed E-state index contributed by atoms with van der Waals surface area (Å²) in [5.74, 6) is 0.0781. The topological polar surface area (TPSA) is 91.2 Å². The Labute approximate surface area is 175 Å². The third kappa shape index (κ3) is 4.06. The lowest BCUT2D eigenvalue weighted by Gasteiger charge is -2.18. The predicted octanol–water partition coefficient (Wildman–Crippen LogP) is 2.88. The number of fused-ring (bicyclic) bond motifs is 1. The van der Waals surface area contributed by atoms with Gasteiger partial charge < -0.3 is 15.3 Å². The number of carbonyl (C=O) groups is 1. The number of pyridine rings is 1. The highest BCUT2D eigenvalue weighted by Gasteiger charge is 2.34. The maximum atomic E-state index is 12.9. The van der Waals surface area contributed by atoms with E-state index >= 15 is 0 Å². The maximum Gasteiger partial charge on any atom is 0.416 e. The summed E-state index contributed by atoms with van der Waals surface area (Å²) in [7, 11) is 0. The van der Waals surface area contributed by atoms with Gasteiger partial charge in [-0.3, -0.25) is 9.78 Å². The van der Waals surface area contributed by atoms with Crippen LogP contribution in [0.2, 0.25) is 0 Å². The third-order valence-electron chi connectivity index (χ3n) is 5.12. The first kappa shape index (κ1) is 20.7. The molecule has 1 saturated heterocycles. The highest BCUT2D eigenvalue weighted by atomic mass is 19.4. The normalized spacial score (nSPS) is 18.9. The number of anilines is 1. The van der Waals surface area contributed by atoms with Crippen molar-refractivity contribution < 1.29 is 23.1 Å². The third-order valence-corrected chi connectivity index (χ3v) is 5.12. The zero-order valence-corrected chi connectivity index (χ0v) is 16.2. The molecule has 31 heavy (non-hydrogen) atoms. The lowest BCUT2D eigenvalue weighted by atomic mass is 10.1. The van der Waals surface area contributed by atoms with Gasteiger partial charge in [0.05, 0.1) is 17.7 Å². The molecule has 4 rings (SSSR count). The number of carbonyl (C=O) groups excluding carboxylic acids is 1. The number of aliphatic hydroxyl groups is 1. The van der Waals surface area contributed by atoms with Crippen LogP contribution in [0.5, 0.6) is 0 Å². The average Bonchev–Trinajstić information content (AvgIpc) is 3.13. The molecule has 0 bridgehead atoms. The van der Waals surface area contributed by atoms with Crippen LogP contribution in [0, 0.1) is 0 Å². The van der Waals surface area contributed by atoms with Crippen LogP contribution in [0.25, 0.3) is 22.2 Å². The van der Waals surface area contributed by atoms with Gasteiger partial charge in [-0.05, 0) is 30.3 Å². The minimum Gasteiger partial charge on any atom is -0.389 e. The van der Waals surface area contributed by atoms with Crippen LogP contribution in [0.4, 0.5) is 19.0 Å². The Balaban J connectivity index is 1.66. The zero-order valence-electron chi connectivity index (χ0n) is 16.2.